The van der Waals surface area contributed by atoms with Crippen LogP contribution in [0.5, 0.6) is 0 Å². The summed E-state index contributed by atoms with van der Waals surface area (Å²) in [5, 5.41) is 1.44. The van der Waals surface area contributed by atoms with Gasteiger partial charge in [-0.25, -0.2) is 4.79 Å². The first-order valence-electron chi connectivity index (χ1n) is 5.33. The van der Waals surface area contributed by atoms with E-state index in [-0.39, 0.29) is 0 Å². The quantitative estimate of drug-likeness (QED) is 0.814. The van der Waals surface area contributed by atoms with Crippen LogP contribution in [0, 0.1) is 0 Å². The zero-order chi connectivity index (χ0) is 12.1. The number of aromatic nitrogens is 2. The third-order valence-electron chi connectivity index (χ3n) is 2.17. The molecular formula is C12H13N3O2. The summed E-state index contributed by atoms with van der Waals surface area (Å²) in [6, 6.07) is 7.18. The average molecular weight is 231 g/mol. The molecule has 0 aromatic carbocycles. The monoisotopic (exact) mass is 231 g/mol. The van der Waals surface area contributed by atoms with Crippen molar-refractivity contribution in [2.45, 2.75) is 6.92 Å². The number of anilines is 1. The predicted octanol–water partition coefficient (Wildman–Crippen LogP) is 2.31. The van der Waals surface area contributed by atoms with Crippen molar-refractivity contribution in [3.8, 4) is 0 Å². The molecule has 0 aliphatic heterocycles. The van der Waals surface area contributed by atoms with Crippen LogP contribution in [0.1, 0.15) is 6.92 Å². The van der Waals surface area contributed by atoms with Crippen LogP contribution in [0.15, 0.2) is 49.1 Å². The Hall–Kier alpha value is -2.30. The highest BCUT2D eigenvalue weighted by molar-refractivity contribution is 5.86. The zero-order valence-corrected chi connectivity index (χ0v) is 9.48. The van der Waals surface area contributed by atoms with Crippen molar-refractivity contribution in [3.63, 3.8) is 0 Å². The molecule has 0 bridgehead atoms. The number of nitrogens with zero attached hydrogens (tertiary/aromatic N) is 3. The number of amides is 1. The second-order valence-electron chi connectivity index (χ2n) is 3.28. The lowest BCUT2D eigenvalue weighted by atomic mass is 10.4. The molecule has 0 spiro atoms. The lowest BCUT2D eigenvalue weighted by molar-refractivity contribution is 0.157. The summed E-state index contributed by atoms with van der Waals surface area (Å²) in [4.78, 5) is 15.8. The van der Waals surface area contributed by atoms with Gasteiger partial charge in [-0.15, -0.1) is 0 Å². The molecule has 0 radical (unpaired) electrons. The maximum absolute atomic E-state index is 11.9. The Labute approximate surface area is 99.2 Å². The number of ether oxygens (including phenoxy) is 1. The molecule has 2 heterocycles. The molecule has 0 atom stereocenters. The first kappa shape index (κ1) is 11.2. The van der Waals surface area contributed by atoms with Crippen LogP contribution in [0.2, 0.25) is 0 Å². The largest absolute Gasteiger partial charge is 0.448 e. The van der Waals surface area contributed by atoms with Crippen molar-refractivity contribution >= 4 is 11.8 Å². The topological polar surface area (TPSA) is 47.4 Å². The molecule has 5 heteroatoms. The van der Waals surface area contributed by atoms with Gasteiger partial charge >= 0.3 is 6.09 Å². The van der Waals surface area contributed by atoms with E-state index in [1.807, 2.05) is 12.1 Å². The van der Waals surface area contributed by atoms with E-state index >= 15 is 0 Å². The summed E-state index contributed by atoms with van der Waals surface area (Å²) >= 11 is 0. The Kier molecular flexibility index (Phi) is 3.40. The van der Waals surface area contributed by atoms with Crippen molar-refractivity contribution in [3.05, 3.63) is 49.1 Å². The molecule has 2 rings (SSSR count). The molecule has 88 valence electrons. The van der Waals surface area contributed by atoms with Gasteiger partial charge < -0.3 is 4.74 Å². The highest BCUT2D eigenvalue weighted by atomic mass is 16.6. The van der Waals surface area contributed by atoms with Crippen molar-refractivity contribution in [1.82, 2.24) is 9.66 Å². The van der Waals surface area contributed by atoms with E-state index < -0.39 is 6.09 Å². The molecular weight excluding hydrogens is 218 g/mol. The second kappa shape index (κ2) is 5.16. The van der Waals surface area contributed by atoms with Crippen LogP contribution < -0.4 is 5.01 Å². The van der Waals surface area contributed by atoms with Gasteiger partial charge in [0.1, 0.15) is 0 Å². The van der Waals surface area contributed by atoms with E-state index in [9.17, 15) is 4.79 Å². The smallest absolute Gasteiger partial charge is 0.433 e. The van der Waals surface area contributed by atoms with Crippen LogP contribution in [0.25, 0.3) is 0 Å². The maximum Gasteiger partial charge on any atom is 0.433 e. The number of hydrogen-bond acceptors (Lipinski definition) is 3. The molecule has 2 aromatic heterocycles. The van der Waals surface area contributed by atoms with Crippen molar-refractivity contribution in [1.29, 1.82) is 0 Å². The van der Waals surface area contributed by atoms with Crippen molar-refractivity contribution < 1.29 is 9.53 Å². The van der Waals surface area contributed by atoms with Gasteiger partial charge in [-0.3, -0.25) is 9.66 Å². The molecule has 0 saturated heterocycles. The SMILES string of the molecule is CCOC(=O)N(c1ccncc1)n1cccc1. The first-order valence-corrected chi connectivity index (χ1v) is 5.33. The van der Waals surface area contributed by atoms with Crippen molar-refractivity contribution in [2.24, 2.45) is 0 Å². The van der Waals surface area contributed by atoms with E-state index in [1.54, 1.807) is 48.5 Å². The molecule has 0 aliphatic rings. The Morgan fingerprint density at radius 1 is 1.35 bits per heavy atom. The Bertz CT molecular complexity index is 468. The standard InChI is InChI=1S/C12H13N3O2/c1-2-17-12(16)15(14-9-3-4-10-14)11-5-7-13-8-6-11/h3-10H,2H2,1H3. The molecule has 0 aliphatic carbocycles. The van der Waals surface area contributed by atoms with E-state index in [0.717, 1.165) is 0 Å². The molecule has 17 heavy (non-hydrogen) atoms. The Morgan fingerprint density at radius 3 is 2.59 bits per heavy atom. The summed E-state index contributed by atoms with van der Waals surface area (Å²) in [6.07, 6.45) is 6.39. The molecule has 2 aromatic rings. The lowest BCUT2D eigenvalue weighted by Gasteiger charge is -2.22. The van der Waals surface area contributed by atoms with Crippen LogP contribution in [-0.4, -0.2) is 22.4 Å². The number of pyridine rings is 1. The van der Waals surface area contributed by atoms with Gasteiger partial charge in [0.15, 0.2) is 0 Å². The highest BCUT2D eigenvalue weighted by Crippen LogP contribution is 2.15. The average Bonchev–Trinajstić information content (AvgIpc) is 2.85. The summed E-state index contributed by atoms with van der Waals surface area (Å²) in [5.74, 6) is 0. The lowest BCUT2D eigenvalue weighted by Crippen LogP contribution is -2.35. The molecule has 5 nitrogen and oxygen atoms in total. The summed E-state index contributed by atoms with van der Waals surface area (Å²) in [7, 11) is 0. The van der Waals surface area contributed by atoms with Gasteiger partial charge in [0.25, 0.3) is 0 Å². The van der Waals surface area contributed by atoms with E-state index in [0.29, 0.717) is 12.3 Å². The van der Waals surface area contributed by atoms with Gasteiger partial charge in [0.2, 0.25) is 0 Å². The number of rotatable bonds is 3. The van der Waals surface area contributed by atoms with Gasteiger partial charge in [-0.1, -0.05) is 0 Å². The molecule has 0 unspecified atom stereocenters. The van der Waals surface area contributed by atoms with Crippen LogP contribution >= 0.6 is 0 Å². The summed E-state index contributed by atoms with van der Waals surface area (Å²) < 4.78 is 6.69. The van der Waals surface area contributed by atoms with Gasteiger partial charge in [-0.05, 0) is 31.2 Å². The van der Waals surface area contributed by atoms with E-state index in [2.05, 4.69) is 4.98 Å². The van der Waals surface area contributed by atoms with Gasteiger partial charge in [0, 0.05) is 24.8 Å². The summed E-state index contributed by atoms with van der Waals surface area (Å²) in [5.41, 5.74) is 0.703. The zero-order valence-electron chi connectivity index (χ0n) is 9.48. The minimum Gasteiger partial charge on any atom is -0.448 e. The maximum atomic E-state index is 11.9. The van der Waals surface area contributed by atoms with E-state index in [1.165, 1.54) is 5.01 Å². The Balaban J connectivity index is 2.35. The number of carbonyl (C=O) groups is 1. The number of carbonyl (C=O) groups excluding carboxylic acids is 1. The van der Waals surface area contributed by atoms with Crippen LogP contribution in [0.3, 0.4) is 0 Å². The first-order chi connectivity index (χ1) is 8.33. The predicted molar refractivity (Wildman–Crippen MR) is 63.6 cm³/mol. The van der Waals surface area contributed by atoms with Gasteiger partial charge in [0.05, 0.1) is 12.3 Å². The minimum atomic E-state index is -0.421. The van der Waals surface area contributed by atoms with Gasteiger partial charge in [-0.2, -0.15) is 5.01 Å². The fraction of sp³-hybridized carbons (Fsp3) is 0.167. The van der Waals surface area contributed by atoms with Crippen LogP contribution in [0.4, 0.5) is 10.5 Å². The Morgan fingerprint density at radius 2 is 2.00 bits per heavy atom. The fourth-order valence-corrected chi connectivity index (χ4v) is 1.46. The fourth-order valence-electron chi connectivity index (χ4n) is 1.46. The van der Waals surface area contributed by atoms with Crippen molar-refractivity contribution in [2.75, 3.05) is 11.6 Å². The van der Waals surface area contributed by atoms with Crippen LogP contribution in [-0.2, 0) is 4.74 Å². The third-order valence-corrected chi connectivity index (χ3v) is 2.17. The second-order valence-corrected chi connectivity index (χ2v) is 3.28. The third kappa shape index (κ3) is 2.44. The normalized spacial score (nSPS) is 9.94. The molecule has 0 saturated carbocycles. The summed E-state index contributed by atoms with van der Waals surface area (Å²) in [6.45, 7) is 2.11. The molecule has 0 N–H and O–H groups in total. The number of hydrogen-bond donors (Lipinski definition) is 0. The highest BCUT2D eigenvalue weighted by Gasteiger charge is 2.17. The molecule has 0 fully saturated rings. The van der Waals surface area contributed by atoms with E-state index in [4.69, 9.17) is 4.74 Å². The minimum absolute atomic E-state index is 0.335. The molecule has 1 amide bonds.